The van der Waals surface area contributed by atoms with Crippen LogP contribution in [0.25, 0.3) is 0 Å². The number of carbonyl (C=O) groups excluding carboxylic acids is 2. The molecule has 2 heterocycles. The highest BCUT2D eigenvalue weighted by Gasteiger charge is 2.61. The monoisotopic (exact) mass is 322 g/mol. The molecule has 2 aliphatic heterocycles. The first-order chi connectivity index (χ1) is 11.6. The Labute approximate surface area is 137 Å². The predicted octanol–water partition coefficient (Wildman–Crippen LogP) is 2.25. The SMILES string of the molecule is O=C1c2ccccc2N2C(=O)CCC2(C(=O)O)N1c1ccccc1. The molecule has 0 aromatic heterocycles. The van der Waals surface area contributed by atoms with Crippen LogP contribution in [0.3, 0.4) is 0 Å². The van der Waals surface area contributed by atoms with E-state index in [1.54, 1.807) is 54.6 Å². The standard InChI is InChI=1S/C18H14N2O4/c21-15-10-11-18(17(23)24)19(12-6-2-1-3-7-12)16(22)13-8-4-5-9-14(13)20(15)18/h1-9H,10-11H2,(H,23,24). The average Bonchev–Trinajstić information content (AvgIpc) is 2.95. The third-order valence-corrected chi connectivity index (χ3v) is 4.61. The second-order valence-electron chi connectivity index (χ2n) is 5.84. The van der Waals surface area contributed by atoms with Gasteiger partial charge in [-0.1, -0.05) is 30.3 Å². The third kappa shape index (κ3) is 1.68. The van der Waals surface area contributed by atoms with Crippen LogP contribution in [0.4, 0.5) is 11.4 Å². The predicted molar refractivity (Wildman–Crippen MR) is 86.8 cm³/mol. The minimum Gasteiger partial charge on any atom is -0.478 e. The lowest BCUT2D eigenvalue weighted by Gasteiger charge is -2.47. The first-order valence-corrected chi connectivity index (χ1v) is 7.62. The van der Waals surface area contributed by atoms with Crippen LogP contribution in [-0.2, 0) is 9.59 Å². The first kappa shape index (κ1) is 14.4. The molecule has 2 amide bonds. The summed E-state index contributed by atoms with van der Waals surface area (Å²) in [4.78, 5) is 40.3. The molecule has 120 valence electrons. The van der Waals surface area contributed by atoms with Gasteiger partial charge in [-0.2, -0.15) is 0 Å². The Kier molecular flexibility index (Phi) is 2.96. The van der Waals surface area contributed by atoms with Crippen molar-refractivity contribution < 1.29 is 19.5 Å². The maximum Gasteiger partial charge on any atom is 0.351 e. The molecular formula is C18H14N2O4. The van der Waals surface area contributed by atoms with E-state index in [2.05, 4.69) is 0 Å². The second kappa shape index (κ2) is 4.92. The Morgan fingerprint density at radius 1 is 0.958 bits per heavy atom. The Morgan fingerprint density at radius 2 is 1.62 bits per heavy atom. The van der Waals surface area contributed by atoms with Crippen molar-refractivity contribution in [1.29, 1.82) is 0 Å². The Morgan fingerprint density at radius 3 is 2.33 bits per heavy atom. The van der Waals surface area contributed by atoms with Gasteiger partial charge >= 0.3 is 5.97 Å². The van der Waals surface area contributed by atoms with Crippen LogP contribution >= 0.6 is 0 Å². The maximum atomic E-state index is 13.1. The molecule has 0 saturated carbocycles. The van der Waals surface area contributed by atoms with E-state index < -0.39 is 17.5 Å². The summed E-state index contributed by atoms with van der Waals surface area (Å²) in [5.41, 5.74) is -0.573. The molecule has 2 aliphatic rings. The fourth-order valence-corrected chi connectivity index (χ4v) is 3.60. The highest BCUT2D eigenvalue weighted by Crippen LogP contribution is 2.46. The Balaban J connectivity index is 2.04. The number of carbonyl (C=O) groups is 3. The van der Waals surface area contributed by atoms with E-state index >= 15 is 0 Å². The lowest BCUT2D eigenvalue weighted by Crippen LogP contribution is -2.68. The summed E-state index contributed by atoms with van der Waals surface area (Å²) < 4.78 is 0. The van der Waals surface area contributed by atoms with Gasteiger partial charge in [-0.15, -0.1) is 0 Å². The molecule has 0 aliphatic carbocycles. The summed E-state index contributed by atoms with van der Waals surface area (Å²) in [6, 6.07) is 15.3. The Hall–Kier alpha value is -3.15. The highest BCUT2D eigenvalue weighted by molar-refractivity contribution is 6.22. The van der Waals surface area contributed by atoms with Crippen molar-refractivity contribution in [3.05, 3.63) is 60.2 Å². The van der Waals surface area contributed by atoms with Gasteiger partial charge in [0.25, 0.3) is 5.91 Å². The molecule has 0 spiro atoms. The van der Waals surface area contributed by atoms with Crippen molar-refractivity contribution >= 4 is 29.2 Å². The third-order valence-electron chi connectivity index (χ3n) is 4.61. The molecule has 1 unspecified atom stereocenters. The Bertz CT molecular complexity index is 864. The molecule has 6 nitrogen and oxygen atoms in total. The van der Waals surface area contributed by atoms with Crippen LogP contribution in [0.5, 0.6) is 0 Å². The van der Waals surface area contributed by atoms with Crippen LogP contribution < -0.4 is 9.80 Å². The number of para-hydroxylation sites is 2. The van der Waals surface area contributed by atoms with Crippen molar-refractivity contribution in [3.63, 3.8) is 0 Å². The zero-order valence-electron chi connectivity index (χ0n) is 12.7. The van der Waals surface area contributed by atoms with Crippen molar-refractivity contribution in [2.45, 2.75) is 18.5 Å². The van der Waals surface area contributed by atoms with E-state index in [4.69, 9.17) is 0 Å². The number of benzene rings is 2. The number of aliphatic carboxylic acids is 1. The number of hydrogen-bond donors (Lipinski definition) is 1. The fourth-order valence-electron chi connectivity index (χ4n) is 3.60. The van der Waals surface area contributed by atoms with Crippen LogP contribution in [-0.4, -0.2) is 28.6 Å². The average molecular weight is 322 g/mol. The van der Waals surface area contributed by atoms with E-state index in [9.17, 15) is 19.5 Å². The van der Waals surface area contributed by atoms with E-state index in [0.717, 1.165) is 0 Å². The first-order valence-electron chi connectivity index (χ1n) is 7.62. The summed E-state index contributed by atoms with van der Waals surface area (Å²) in [5, 5.41) is 10.0. The van der Waals surface area contributed by atoms with Crippen LogP contribution in [0.1, 0.15) is 23.2 Å². The highest BCUT2D eigenvalue weighted by atomic mass is 16.4. The van der Waals surface area contributed by atoms with Gasteiger partial charge in [0.1, 0.15) is 0 Å². The largest absolute Gasteiger partial charge is 0.478 e. The summed E-state index contributed by atoms with van der Waals surface area (Å²) in [7, 11) is 0. The molecule has 6 heteroatoms. The van der Waals surface area contributed by atoms with Gasteiger partial charge in [0.15, 0.2) is 0 Å². The molecule has 1 fully saturated rings. The van der Waals surface area contributed by atoms with Gasteiger partial charge in [0.2, 0.25) is 11.6 Å². The van der Waals surface area contributed by atoms with E-state index in [1.165, 1.54) is 9.80 Å². The minimum absolute atomic E-state index is 0.0517. The smallest absolute Gasteiger partial charge is 0.351 e. The summed E-state index contributed by atoms with van der Waals surface area (Å²) in [6.45, 7) is 0. The van der Waals surface area contributed by atoms with Crippen molar-refractivity contribution in [3.8, 4) is 0 Å². The fraction of sp³-hybridized carbons (Fsp3) is 0.167. The normalized spacial score (nSPS) is 22.3. The topological polar surface area (TPSA) is 77.9 Å². The molecule has 1 saturated heterocycles. The summed E-state index contributed by atoms with van der Waals surface area (Å²) in [5.74, 6) is -1.91. The molecule has 2 aromatic rings. The maximum absolute atomic E-state index is 13.1. The molecule has 4 rings (SSSR count). The van der Waals surface area contributed by atoms with E-state index in [1.807, 2.05) is 0 Å². The number of fused-ring (bicyclic) bond motifs is 3. The number of amides is 2. The van der Waals surface area contributed by atoms with Gasteiger partial charge in [0, 0.05) is 18.5 Å². The van der Waals surface area contributed by atoms with Crippen LogP contribution in [0, 0.1) is 0 Å². The van der Waals surface area contributed by atoms with E-state index in [-0.39, 0.29) is 18.7 Å². The van der Waals surface area contributed by atoms with E-state index in [0.29, 0.717) is 16.9 Å². The second-order valence-corrected chi connectivity index (χ2v) is 5.84. The van der Waals surface area contributed by atoms with Gasteiger partial charge in [-0.25, -0.2) is 4.79 Å². The minimum atomic E-state index is -1.72. The molecule has 1 atom stereocenters. The van der Waals surface area contributed by atoms with Gasteiger partial charge < -0.3 is 5.11 Å². The number of hydrogen-bond acceptors (Lipinski definition) is 3. The molecule has 0 radical (unpaired) electrons. The number of rotatable bonds is 2. The zero-order valence-corrected chi connectivity index (χ0v) is 12.7. The van der Waals surface area contributed by atoms with Crippen LogP contribution in [0.15, 0.2) is 54.6 Å². The summed E-state index contributed by atoms with van der Waals surface area (Å²) >= 11 is 0. The number of carboxylic acids is 1. The number of anilines is 2. The van der Waals surface area contributed by atoms with Crippen molar-refractivity contribution in [2.75, 3.05) is 9.80 Å². The molecule has 0 bridgehead atoms. The lowest BCUT2D eigenvalue weighted by molar-refractivity contribution is -0.143. The van der Waals surface area contributed by atoms with Gasteiger partial charge in [-0.3, -0.25) is 19.4 Å². The van der Waals surface area contributed by atoms with Crippen LogP contribution in [0.2, 0.25) is 0 Å². The van der Waals surface area contributed by atoms with Gasteiger partial charge in [0.05, 0.1) is 11.3 Å². The molecule has 2 aromatic carbocycles. The quantitative estimate of drug-likeness (QED) is 0.920. The molecule has 1 N–H and O–H groups in total. The summed E-state index contributed by atoms with van der Waals surface area (Å²) in [6.07, 6.45) is 0.132. The lowest BCUT2D eigenvalue weighted by atomic mass is 9.95. The van der Waals surface area contributed by atoms with Crippen molar-refractivity contribution in [2.24, 2.45) is 0 Å². The zero-order chi connectivity index (χ0) is 16.9. The van der Waals surface area contributed by atoms with Crippen molar-refractivity contribution in [1.82, 2.24) is 0 Å². The van der Waals surface area contributed by atoms with Gasteiger partial charge in [-0.05, 0) is 24.3 Å². The number of nitrogens with zero attached hydrogens (tertiary/aromatic N) is 2. The molecule has 24 heavy (non-hydrogen) atoms. The number of carboxylic acid groups (broad SMARTS) is 1. The molecular weight excluding hydrogens is 308 g/mol.